The molecule has 0 aliphatic carbocycles. The Bertz CT molecular complexity index is 722. The Morgan fingerprint density at radius 2 is 2.19 bits per heavy atom. The smallest absolute Gasteiger partial charge is 0.226 e. The van der Waals surface area contributed by atoms with E-state index < -0.39 is 0 Å². The lowest BCUT2D eigenvalue weighted by molar-refractivity contribution is -0.116. The molecule has 142 valence electrons. The van der Waals surface area contributed by atoms with Gasteiger partial charge in [-0.1, -0.05) is 49.9 Å². The molecule has 1 aromatic heterocycles. The minimum Gasteiger partial charge on any atom is -0.492 e. The maximum absolute atomic E-state index is 12.0. The first-order chi connectivity index (χ1) is 12.5. The van der Waals surface area contributed by atoms with E-state index in [2.05, 4.69) is 64.3 Å². The lowest BCUT2D eigenvalue weighted by Crippen LogP contribution is -2.12. The molecule has 2 aromatic rings. The van der Waals surface area contributed by atoms with Crippen molar-refractivity contribution in [2.75, 3.05) is 17.7 Å². The van der Waals surface area contributed by atoms with Gasteiger partial charge in [0.15, 0.2) is 4.34 Å². The summed E-state index contributed by atoms with van der Waals surface area (Å²) >= 11 is 6.62. The van der Waals surface area contributed by atoms with Crippen LogP contribution in [0.15, 0.2) is 27.0 Å². The number of hydrogen-bond donors (Lipinski definition) is 1. The zero-order valence-electron chi connectivity index (χ0n) is 15.3. The van der Waals surface area contributed by atoms with Gasteiger partial charge < -0.3 is 10.1 Å². The number of thioether (sulfide) groups is 1. The first kappa shape index (κ1) is 21.2. The van der Waals surface area contributed by atoms with Crippen molar-refractivity contribution in [2.24, 2.45) is 0 Å². The SMILES string of the molecule is CCCSc1nnc(NC(=O)CCCOc2ccc(C(C)C)cc2Br)s1. The second-order valence-corrected chi connectivity index (χ2v) is 9.24. The molecule has 2 rings (SSSR count). The van der Waals surface area contributed by atoms with E-state index in [1.54, 1.807) is 11.8 Å². The van der Waals surface area contributed by atoms with Gasteiger partial charge in [-0.2, -0.15) is 0 Å². The minimum absolute atomic E-state index is 0.0639. The number of rotatable bonds is 10. The molecule has 0 fully saturated rings. The van der Waals surface area contributed by atoms with Crippen LogP contribution in [-0.2, 0) is 4.79 Å². The van der Waals surface area contributed by atoms with E-state index in [1.165, 1.54) is 16.9 Å². The van der Waals surface area contributed by atoms with Crippen molar-refractivity contribution in [1.82, 2.24) is 10.2 Å². The number of anilines is 1. The van der Waals surface area contributed by atoms with Crippen LogP contribution in [0.3, 0.4) is 0 Å². The summed E-state index contributed by atoms with van der Waals surface area (Å²) < 4.78 is 7.60. The number of ether oxygens (including phenoxy) is 1. The molecule has 5 nitrogen and oxygen atoms in total. The molecule has 0 aliphatic rings. The van der Waals surface area contributed by atoms with Gasteiger partial charge in [-0.25, -0.2) is 0 Å². The van der Waals surface area contributed by atoms with E-state index in [0.29, 0.717) is 30.5 Å². The van der Waals surface area contributed by atoms with Crippen LogP contribution in [0.25, 0.3) is 0 Å². The van der Waals surface area contributed by atoms with Gasteiger partial charge in [0.25, 0.3) is 0 Å². The fraction of sp³-hybridized carbons (Fsp3) is 0.500. The third-order valence-corrected chi connectivity index (χ3v) is 6.31. The van der Waals surface area contributed by atoms with Gasteiger partial charge in [-0.3, -0.25) is 4.79 Å². The van der Waals surface area contributed by atoms with Crippen molar-refractivity contribution >= 4 is 50.1 Å². The molecule has 1 N–H and O–H groups in total. The highest BCUT2D eigenvalue weighted by molar-refractivity contribution is 9.10. The summed E-state index contributed by atoms with van der Waals surface area (Å²) in [5.41, 5.74) is 1.26. The molecule has 0 radical (unpaired) electrons. The molecule has 8 heteroatoms. The number of carbonyl (C=O) groups excluding carboxylic acids is 1. The summed E-state index contributed by atoms with van der Waals surface area (Å²) in [6.45, 7) is 6.92. The van der Waals surface area contributed by atoms with Crippen LogP contribution in [-0.4, -0.2) is 28.5 Å². The van der Waals surface area contributed by atoms with Gasteiger partial charge in [-0.05, 0) is 52.4 Å². The number of aromatic nitrogens is 2. The Balaban J connectivity index is 1.71. The van der Waals surface area contributed by atoms with E-state index in [4.69, 9.17) is 4.74 Å². The highest BCUT2D eigenvalue weighted by Crippen LogP contribution is 2.29. The standard InChI is InChI=1S/C18H24BrN3O2S2/c1-4-10-25-18-22-21-17(26-18)20-16(23)6-5-9-24-15-8-7-13(12(2)3)11-14(15)19/h7-8,11-12H,4-6,9-10H2,1-3H3,(H,20,21,23). The lowest BCUT2D eigenvalue weighted by Gasteiger charge is -2.11. The number of halogens is 1. The predicted octanol–water partition coefficient (Wildman–Crippen LogP) is 5.72. The normalized spacial score (nSPS) is 11.0. The second-order valence-electron chi connectivity index (χ2n) is 6.07. The van der Waals surface area contributed by atoms with Crippen molar-refractivity contribution in [1.29, 1.82) is 0 Å². The Kier molecular flexibility index (Phi) is 8.87. The lowest BCUT2D eigenvalue weighted by atomic mass is 10.0. The molecule has 0 saturated carbocycles. The summed E-state index contributed by atoms with van der Waals surface area (Å²) in [6, 6.07) is 6.12. The van der Waals surface area contributed by atoms with E-state index in [0.717, 1.165) is 26.7 Å². The Hall–Kier alpha value is -1.12. The molecule has 0 aliphatic heterocycles. The Morgan fingerprint density at radius 1 is 1.38 bits per heavy atom. The fourth-order valence-corrected chi connectivity index (χ4v) is 4.30. The maximum Gasteiger partial charge on any atom is 0.226 e. The highest BCUT2D eigenvalue weighted by atomic mass is 79.9. The van der Waals surface area contributed by atoms with Crippen molar-refractivity contribution in [3.63, 3.8) is 0 Å². The summed E-state index contributed by atoms with van der Waals surface area (Å²) in [7, 11) is 0. The molecular formula is C18H24BrN3O2S2. The second kappa shape index (κ2) is 10.9. The van der Waals surface area contributed by atoms with Gasteiger partial charge in [0.1, 0.15) is 5.75 Å². The number of hydrogen-bond acceptors (Lipinski definition) is 6. The average Bonchev–Trinajstić information content (AvgIpc) is 3.05. The van der Waals surface area contributed by atoms with Gasteiger partial charge in [0.2, 0.25) is 11.0 Å². The van der Waals surface area contributed by atoms with E-state index in [-0.39, 0.29) is 5.91 Å². The molecule has 26 heavy (non-hydrogen) atoms. The number of benzene rings is 1. The summed E-state index contributed by atoms with van der Waals surface area (Å²) in [5.74, 6) is 2.22. The van der Waals surface area contributed by atoms with Gasteiger partial charge >= 0.3 is 0 Å². The topological polar surface area (TPSA) is 64.1 Å². The third-order valence-electron chi connectivity index (χ3n) is 3.51. The third kappa shape index (κ3) is 6.89. The molecule has 0 atom stereocenters. The van der Waals surface area contributed by atoms with Crippen LogP contribution >= 0.6 is 39.0 Å². The zero-order valence-corrected chi connectivity index (χ0v) is 18.5. The van der Waals surface area contributed by atoms with Gasteiger partial charge in [0.05, 0.1) is 11.1 Å². The summed E-state index contributed by atoms with van der Waals surface area (Å²) in [6.07, 6.45) is 2.11. The summed E-state index contributed by atoms with van der Waals surface area (Å²) in [5, 5.41) is 11.4. The zero-order chi connectivity index (χ0) is 18.9. The molecule has 1 amide bonds. The fourth-order valence-electron chi connectivity index (χ4n) is 2.10. The number of carbonyl (C=O) groups is 1. The van der Waals surface area contributed by atoms with Crippen LogP contribution in [0.2, 0.25) is 0 Å². The predicted molar refractivity (Wildman–Crippen MR) is 113 cm³/mol. The first-order valence-electron chi connectivity index (χ1n) is 8.68. The van der Waals surface area contributed by atoms with Crippen molar-refractivity contribution in [3.05, 3.63) is 28.2 Å². The Labute approximate surface area is 171 Å². The van der Waals surface area contributed by atoms with Gasteiger partial charge in [0, 0.05) is 12.2 Å². The monoisotopic (exact) mass is 457 g/mol. The van der Waals surface area contributed by atoms with Gasteiger partial charge in [-0.15, -0.1) is 10.2 Å². The van der Waals surface area contributed by atoms with Crippen LogP contribution in [0.5, 0.6) is 5.75 Å². The average molecular weight is 458 g/mol. The number of nitrogens with zero attached hydrogens (tertiary/aromatic N) is 2. The van der Waals surface area contributed by atoms with Crippen molar-refractivity contribution in [2.45, 2.75) is 50.3 Å². The molecule has 0 bridgehead atoms. The molecule has 0 spiro atoms. The highest BCUT2D eigenvalue weighted by Gasteiger charge is 2.09. The largest absolute Gasteiger partial charge is 0.492 e. The van der Waals surface area contributed by atoms with Crippen LogP contribution in [0.4, 0.5) is 5.13 Å². The molecule has 0 unspecified atom stereocenters. The van der Waals surface area contributed by atoms with Crippen LogP contribution in [0, 0.1) is 0 Å². The molecular weight excluding hydrogens is 434 g/mol. The van der Waals surface area contributed by atoms with Crippen LogP contribution in [0.1, 0.15) is 51.5 Å². The number of nitrogens with one attached hydrogen (secondary N) is 1. The molecule has 0 saturated heterocycles. The number of amides is 1. The Morgan fingerprint density at radius 3 is 2.88 bits per heavy atom. The first-order valence-corrected chi connectivity index (χ1v) is 11.3. The quantitative estimate of drug-likeness (QED) is 0.280. The van der Waals surface area contributed by atoms with Crippen molar-refractivity contribution < 1.29 is 9.53 Å². The van der Waals surface area contributed by atoms with E-state index in [9.17, 15) is 4.79 Å². The van der Waals surface area contributed by atoms with Crippen molar-refractivity contribution in [3.8, 4) is 5.75 Å². The molecule has 1 aromatic carbocycles. The van der Waals surface area contributed by atoms with Crippen LogP contribution < -0.4 is 10.1 Å². The minimum atomic E-state index is -0.0639. The molecule has 1 heterocycles. The van der Waals surface area contributed by atoms with E-state index >= 15 is 0 Å². The summed E-state index contributed by atoms with van der Waals surface area (Å²) in [4.78, 5) is 12.0. The maximum atomic E-state index is 12.0. The van der Waals surface area contributed by atoms with E-state index in [1.807, 2.05) is 6.07 Å².